The first-order valence-electron chi connectivity index (χ1n) is 14.5. The molecule has 1 atom stereocenters. The number of hydrogen-bond donors (Lipinski definition) is 0. The van der Waals surface area contributed by atoms with Crippen molar-refractivity contribution < 1.29 is 8.78 Å². The lowest BCUT2D eigenvalue weighted by Gasteiger charge is -2.33. The zero-order chi connectivity index (χ0) is 24.2. The molecule has 2 heteroatoms. The fourth-order valence-electron chi connectivity index (χ4n) is 6.05. The van der Waals surface area contributed by atoms with Gasteiger partial charge >= 0.3 is 0 Å². The lowest BCUT2D eigenvalue weighted by atomic mass is 9.72. The maximum absolute atomic E-state index is 14.9. The molecule has 0 N–H and O–H groups in total. The highest BCUT2D eigenvalue weighted by Crippen LogP contribution is 2.40. The summed E-state index contributed by atoms with van der Waals surface area (Å²) in [5.74, 6) is 0.937. The summed E-state index contributed by atoms with van der Waals surface area (Å²) >= 11 is 0. The highest BCUT2D eigenvalue weighted by molar-refractivity contribution is 5.75. The van der Waals surface area contributed by atoms with Crippen molar-refractivity contribution in [1.82, 2.24) is 0 Å². The van der Waals surface area contributed by atoms with E-state index in [1.165, 1.54) is 83.5 Å². The van der Waals surface area contributed by atoms with Gasteiger partial charge in [0.15, 0.2) is 11.6 Å². The minimum Gasteiger partial charge on any atom is -0.203 e. The number of allylic oxidation sites excluding steroid dienone is 4. The third-order valence-electron chi connectivity index (χ3n) is 8.37. The van der Waals surface area contributed by atoms with Gasteiger partial charge in [-0.05, 0) is 61.0 Å². The standard InChI is InChI=1S/C32H48F2/c1-3-5-7-9-10-12-14-29-23-24-30(32(34)31(29)33)28-21-19-27(20-22-28)26-17-15-25(16-18-26)13-11-8-6-4-2/h19,21-27H,3-18,20H2,1-2H3. The van der Waals surface area contributed by atoms with Gasteiger partial charge in [0.1, 0.15) is 0 Å². The Labute approximate surface area is 208 Å². The lowest BCUT2D eigenvalue weighted by molar-refractivity contribution is 0.218. The molecule has 0 nitrogen and oxygen atoms in total. The van der Waals surface area contributed by atoms with Crippen LogP contribution < -0.4 is 0 Å². The minimum atomic E-state index is -0.665. The van der Waals surface area contributed by atoms with Crippen LogP contribution in [0, 0.1) is 29.4 Å². The van der Waals surface area contributed by atoms with Crippen LogP contribution in [0.15, 0.2) is 30.4 Å². The van der Waals surface area contributed by atoms with Crippen LogP contribution in [-0.4, -0.2) is 0 Å². The molecule has 0 bridgehead atoms. The van der Waals surface area contributed by atoms with Crippen molar-refractivity contribution in [2.24, 2.45) is 17.8 Å². The second-order valence-corrected chi connectivity index (χ2v) is 11.0. The normalized spacial score (nSPS) is 22.7. The molecule has 0 saturated heterocycles. The number of halogens is 2. The van der Waals surface area contributed by atoms with E-state index in [0.717, 1.165) is 36.7 Å². The van der Waals surface area contributed by atoms with Crippen molar-refractivity contribution in [2.45, 2.75) is 123 Å². The first kappa shape index (κ1) is 27.2. The molecular weight excluding hydrogens is 422 g/mol. The van der Waals surface area contributed by atoms with Gasteiger partial charge in [0, 0.05) is 5.56 Å². The third kappa shape index (κ3) is 8.06. The van der Waals surface area contributed by atoms with Gasteiger partial charge in [0.2, 0.25) is 0 Å². The average molecular weight is 471 g/mol. The third-order valence-corrected chi connectivity index (χ3v) is 8.37. The number of hydrogen-bond acceptors (Lipinski definition) is 0. The van der Waals surface area contributed by atoms with Gasteiger partial charge in [-0.15, -0.1) is 0 Å². The molecule has 0 spiro atoms. The van der Waals surface area contributed by atoms with E-state index < -0.39 is 11.6 Å². The number of aryl methyl sites for hydroxylation is 1. The van der Waals surface area contributed by atoms with Crippen LogP contribution in [0.1, 0.15) is 128 Å². The van der Waals surface area contributed by atoms with Crippen molar-refractivity contribution in [3.63, 3.8) is 0 Å². The fourth-order valence-corrected chi connectivity index (χ4v) is 6.05. The van der Waals surface area contributed by atoms with Crippen LogP contribution >= 0.6 is 0 Å². The summed E-state index contributed by atoms with van der Waals surface area (Å²) in [5, 5.41) is 0. The molecule has 1 aromatic rings. The molecule has 1 unspecified atom stereocenters. The van der Waals surface area contributed by atoms with Crippen LogP contribution in [0.4, 0.5) is 8.78 Å². The van der Waals surface area contributed by atoms with E-state index in [1.54, 1.807) is 6.07 Å². The topological polar surface area (TPSA) is 0 Å². The minimum absolute atomic E-state index is 0.426. The van der Waals surface area contributed by atoms with Crippen LogP contribution in [0.3, 0.4) is 0 Å². The van der Waals surface area contributed by atoms with Gasteiger partial charge in [-0.1, -0.05) is 121 Å². The quantitative estimate of drug-likeness (QED) is 0.237. The van der Waals surface area contributed by atoms with E-state index in [0.29, 0.717) is 23.5 Å². The molecule has 1 saturated carbocycles. The molecule has 2 aliphatic carbocycles. The Morgan fingerprint density at radius 2 is 1.44 bits per heavy atom. The Hall–Kier alpha value is -1.44. The van der Waals surface area contributed by atoms with Crippen molar-refractivity contribution in [2.75, 3.05) is 0 Å². The Morgan fingerprint density at radius 1 is 0.765 bits per heavy atom. The van der Waals surface area contributed by atoms with Crippen molar-refractivity contribution in [3.05, 3.63) is 53.1 Å². The molecular formula is C32H48F2. The van der Waals surface area contributed by atoms with Crippen LogP contribution in [0.2, 0.25) is 0 Å². The van der Waals surface area contributed by atoms with Gasteiger partial charge in [-0.25, -0.2) is 8.78 Å². The van der Waals surface area contributed by atoms with Gasteiger partial charge in [-0.3, -0.25) is 0 Å². The molecule has 0 radical (unpaired) electrons. The lowest BCUT2D eigenvalue weighted by Crippen LogP contribution is -2.21. The average Bonchev–Trinajstić information content (AvgIpc) is 2.87. The van der Waals surface area contributed by atoms with E-state index >= 15 is 0 Å². The number of unbranched alkanes of at least 4 members (excludes halogenated alkanes) is 8. The van der Waals surface area contributed by atoms with Crippen molar-refractivity contribution in [3.8, 4) is 0 Å². The molecule has 190 valence electrons. The molecule has 0 aromatic heterocycles. The second kappa shape index (κ2) is 14.8. The van der Waals surface area contributed by atoms with Gasteiger partial charge in [0.05, 0.1) is 0 Å². The largest absolute Gasteiger partial charge is 0.203 e. The molecule has 1 fully saturated rings. The Bertz CT molecular complexity index is 782. The highest BCUT2D eigenvalue weighted by Gasteiger charge is 2.27. The zero-order valence-electron chi connectivity index (χ0n) is 21.9. The molecule has 0 amide bonds. The van der Waals surface area contributed by atoms with Gasteiger partial charge < -0.3 is 0 Å². The predicted octanol–water partition coefficient (Wildman–Crippen LogP) is 10.6. The van der Waals surface area contributed by atoms with E-state index in [4.69, 9.17) is 0 Å². The van der Waals surface area contributed by atoms with E-state index in [2.05, 4.69) is 32.1 Å². The first-order valence-corrected chi connectivity index (χ1v) is 14.5. The number of rotatable bonds is 14. The Balaban J connectivity index is 1.46. The summed E-state index contributed by atoms with van der Waals surface area (Å²) in [6.45, 7) is 4.48. The molecule has 0 aliphatic heterocycles. The van der Waals surface area contributed by atoms with Crippen LogP contribution in [0.5, 0.6) is 0 Å². The van der Waals surface area contributed by atoms with Crippen molar-refractivity contribution in [1.29, 1.82) is 0 Å². The summed E-state index contributed by atoms with van der Waals surface area (Å²) in [6.07, 6.45) is 27.3. The SMILES string of the molecule is CCCCCCCCc1ccc(C2=CCC(C3CCC(CCCCCC)CC3)C=C2)c(F)c1F. The molecule has 0 heterocycles. The van der Waals surface area contributed by atoms with Crippen LogP contribution in [-0.2, 0) is 6.42 Å². The maximum Gasteiger partial charge on any atom is 0.166 e. The summed E-state index contributed by atoms with van der Waals surface area (Å²) in [7, 11) is 0. The van der Waals surface area contributed by atoms with E-state index in [9.17, 15) is 8.78 Å². The van der Waals surface area contributed by atoms with Crippen molar-refractivity contribution >= 4 is 5.57 Å². The molecule has 3 rings (SSSR count). The Morgan fingerprint density at radius 3 is 2.12 bits per heavy atom. The molecule has 1 aromatic carbocycles. The van der Waals surface area contributed by atoms with Gasteiger partial charge in [-0.2, -0.15) is 0 Å². The summed E-state index contributed by atoms with van der Waals surface area (Å²) in [5.41, 5.74) is 1.81. The number of benzene rings is 1. The monoisotopic (exact) mass is 470 g/mol. The summed E-state index contributed by atoms with van der Waals surface area (Å²) in [6, 6.07) is 3.60. The van der Waals surface area contributed by atoms with E-state index in [1.807, 2.05) is 6.07 Å². The maximum atomic E-state index is 14.9. The summed E-state index contributed by atoms with van der Waals surface area (Å²) < 4.78 is 29.7. The smallest absolute Gasteiger partial charge is 0.166 e. The van der Waals surface area contributed by atoms with E-state index in [-0.39, 0.29) is 0 Å². The Kier molecular flexibility index (Phi) is 11.9. The van der Waals surface area contributed by atoms with Crippen LogP contribution in [0.25, 0.3) is 5.57 Å². The predicted molar refractivity (Wildman–Crippen MR) is 143 cm³/mol. The highest BCUT2D eigenvalue weighted by atomic mass is 19.2. The second-order valence-electron chi connectivity index (χ2n) is 11.0. The van der Waals surface area contributed by atoms with Gasteiger partial charge in [0.25, 0.3) is 0 Å². The summed E-state index contributed by atoms with van der Waals surface area (Å²) in [4.78, 5) is 0. The fraction of sp³-hybridized carbons (Fsp3) is 0.688. The zero-order valence-corrected chi connectivity index (χ0v) is 21.9. The first-order chi connectivity index (χ1) is 16.6. The molecule has 34 heavy (non-hydrogen) atoms. The molecule has 2 aliphatic rings.